The molecule has 108 valence electrons. The molecule has 1 aromatic carbocycles. The molecule has 0 saturated carbocycles. The van der Waals surface area contributed by atoms with Crippen LogP contribution >= 0.6 is 15.9 Å². The van der Waals surface area contributed by atoms with Crippen LogP contribution in [0.15, 0.2) is 34.3 Å². The van der Waals surface area contributed by atoms with Crippen molar-refractivity contribution >= 4 is 33.6 Å². The number of carbonyl (C=O) groups excluding carboxylic acids is 2. The molecule has 0 amide bonds. The van der Waals surface area contributed by atoms with Gasteiger partial charge in [-0.2, -0.15) is 0 Å². The summed E-state index contributed by atoms with van der Waals surface area (Å²) in [7, 11) is 0. The quantitative estimate of drug-likeness (QED) is 0.384. The Bertz CT molecular complexity index is 502. The van der Waals surface area contributed by atoms with Crippen molar-refractivity contribution in [3.05, 3.63) is 39.9 Å². The Balaban J connectivity index is 3.24. The Morgan fingerprint density at radius 2 is 1.50 bits per heavy atom. The Morgan fingerprint density at radius 3 is 1.90 bits per heavy atom. The van der Waals surface area contributed by atoms with E-state index in [1.807, 2.05) is 0 Å². The number of hydrogen-bond donors (Lipinski definition) is 1. The molecule has 1 aromatic rings. The van der Waals surface area contributed by atoms with Gasteiger partial charge in [0, 0.05) is 4.47 Å². The second kappa shape index (κ2) is 7.69. The first-order valence-electron chi connectivity index (χ1n) is 6.11. The van der Waals surface area contributed by atoms with Crippen LogP contribution < -0.4 is 5.73 Å². The van der Waals surface area contributed by atoms with Crippen LogP contribution in [-0.4, -0.2) is 25.2 Å². The van der Waals surface area contributed by atoms with Crippen molar-refractivity contribution in [1.29, 1.82) is 0 Å². The number of ether oxygens (including phenoxy) is 2. The number of halogens is 1. The minimum atomic E-state index is -0.786. The lowest BCUT2D eigenvalue weighted by molar-refractivity contribution is -0.146. The number of nitrogens with two attached hydrogens (primary N) is 1. The lowest BCUT2D eigenvalue weighted by Gasteiger charge is -2.10. The van der Waals surface area contributed by atoms with E-state index < -0.39 is 11.9 Å². The van der Waals surface area contributed by atoms with E-state index >= 15 is 0 Å². The van der Waals surface area contributed by atoms with Gasteiger partial charge in [0.05, 0.1) is 18.9 Å². The van der Waals surface area contributed by atoms with Gasteiger partial charge in [0.15, 0.2) is 5.57 Å². The van der Waals surface area contributed by atoms with Crippen LogP contribution in [0.25, 0.3) is 5.70 Å². The standard InChI is InChI=1S/C14H16BrNO4/c1-3-19-13(17)11(14(18)20-4-2)12(16)9-5-7-10(15)8-6-9/h5-8H,3-4,16H2,1-2H3. The lowest BCUT2D eigenvalue weighted by atomic mass is 10.1. The molecule has 0 saturated heterocycles. The van der Waals surface area contributed by atoms with Crippen LogP contribution in [0.1, 0.15) is 19.4 Å². The van der Waals surface area contributed by atoms with Crippen molar-refractivity contribution in [3.8, 4) is 0 Å². The van der Waals surface area contributed by atoms with E-state index in [9.17, 15) is 9.59 Å². The molecule has 5 nitrogen and oxygen atoms in total. The highest BCUT2D eigenvalue weighted by Gasteiger charge is 2.25. The molecule has 0 spiro atoms. The fourth-order valence-electron chi connectivity index (χ4n) is 1.48. The molecule has 0 bridgehead atoms. The third kappa shape index (κ3) is 4.09. The summed E-state index contributed by atoms with van der Waals surface area (Å²) in [5, 5.41) is 0. The Morgan fingerprint density at radius 1 is 1.05 bits per heavy atom. The maximum atomic E-state index is 11.9. The molecule has 0 atom stereocenters. The minimum Gasteiger partial charge on any atom is -0.462 e. The molecule has 0 unspecified atom stereocenters. The molecule has 2 N–H and O–H groups in total. The second-order valence-electron chi connectivity index (χ2n) is 3.74. The summed E-state index contributed by atoms with van der Waals surface area (Å²) in [5.74, 6) is -1.57. The molecule has 0 aromatic heterocycles. The molecule has 0 aliphatic heterocycles. The number of rotatable bonds is 5. The van der Waals surface area contributed by atoms with Gasteiger partial charge in [-0.15, -0.1) is 0 Å². The smallest absolute Gasteiger partial charge is 0.347 e. The van der Waals surface area contributed by atoms with Crippen molar-refractivity contribution in [2.45, 2.75) is 13.8 Å². The predicted molar refractivity (Wildman–Crippen MR) is 78.5 cm³/mol. The zero-order valence-electron chi connectivity index (χ0n) is 11.3. The van der Waals surface area contributed by atoms with Gasteiger partial charge in [-0.1, -0.05) is 28.1 Å². The molecule has 0 radical (unpaired) electrons. The molecule has 0 aliphatic rings. The zero-order chi connectivity index (χ0) is 15.1. The van der Waals surface area contributed by atoms with Crippen molar-refractivity contribution in [1.82, 2.24) is 0 Å². The number of carbonyl (C=O) groups is 2. The van der Waals surface area contributed by atoms with Gasteiger partial charge in [-0.25, -0.2) is 9.59 Å². The van der Waals surface area contributed by atoms with Crippen LogP contribution in [-0.2, 0) is 19.1 Å². The van der Waals surface area contributed by atoms with Crippen LogP contribution in [0.4, 0.5) is 0 Å². The average molecular weight is 342 g/mol. The normalized spacial score (nSPS) is 9.75. The molecule has 6 heteroatoms. The fourth-order valence-corrected chi connectivity index (χ4v) is 1.75. The van der Waals surface area contributed by atoms with E-state index in [0.717, 1.165) is 4.47 Å². The SMILES string of the molecule is CCOC(=O)C(C(=O)OCC)=C(N)c1ccc(Br)cc1. The van der Waals surface area contributed by atoms with E-state index in [1.165, 1.54) is 0 Å². The highest BCUT2D eigenvalue weighted by atomic mass is 79.9. The zero-order valence-corrected chi connectivity index (χ0v) is 12.9. The maximum Gasteiger partial charge on any atom is 0.347 e. The van der Waals surface area contributed by atoms with Crippen molar-refractivity contribution in [3.63, 3.8) is 0 Å². The summed E-state index contributed by atoms with van der Waals surface area (Å²) in [5.41, 5.74) is 6.22. The summed E-state index contributed by atoms with van der Waals surface area (Å²) in [6, 6.07) is 6.90. The van der Waals surface area contributed by atoms with Gasteiger partial charge in [0.1, 0.15) is 0 Å². The highest BCUT2D eigenvalue weighted by Crippen LogP contribution is 2.19. The second-order valence-corrected chi connectivity index (χ2v) is 4.65. The molecular weight excluding hydrogens is 326 g/mol. The molecule has 0 fully saturated rings. The topological polar surface area (TPSA) is 78.6 Å². The summed E-state index contributed by atoms with van der Waals surface area (Å²) in [6.07, 6.45) is 0. The van der Waals surface area contributed by atoms with Crippen LogP contribution in [0, 0.1) is 0 Å². The van der Waals surface area contributed by atoms with E-state index in [4.69, 9.17) is 15.2 Å². The Labute approximate surface area is 125 Å². The largest absolute Gasteiger partial charge is 0.462 e. The summed E-state index contributed by atoms with van der Waals surface area (Å²) >= 11 is 3.30. The maximum absolute atomic E-state index is 11.9. The Kier molecular flexibility index (Phi) is 6.24. The average Bonchev–Trinajstić information content (AvgIpc) is 2.40. The van der Waals surface area contributed by atoms with Gasteiger partial charge in [0.2, 0.25) is 0 Å². The molecule has 0 heterocycles. The molecular formula is C14H16BrNO4. The summed E-state index contributed by atoms with van der Waals surface area (Å²) in [4.78, 5) is 23.7. The number of benzene rings is 1. The monoisotopic (exact) mass is 341 g/mol. The molecule has 1 rings (SSSR count). The predicted octanol–water partition coefficient (Wildman–Crippen LogP) is 2.25. The molecule has 0 aliphatic carbocycles. The van der Waals surface area contributed by atoms with E-state index in [2.05, 4.69) is 15.9 Å². The van der Waals surface area contributed by atoms with Crippen LogP contribution in [0.3, 0.4) is 0 Å². The molecule has 20 heavy (non-hydrogen) atoms. The van der Waals surface area contributed by atoms with Crippen molar-refractivity contribution in [2.75, 3.05) is 13.2 Å². The summed E-state index contributed by atoms with van der Waals surface area (Å²) in [6.45, 7) is 3.59. The van der Waals surface area contributed by atoms with Gasteiger partial charge in [-0.3, -0.25) is 0 Å². The van der Waals surface area contributed by atoms with E-state index in [1.54, 1.807) is 38.1 Å². The first-order valence-corrected chi connectivity index (χ1v) is 6.90. The first-order chi connectivity index (χ1) is 9.51. The third-order valence-corrected chi connectivity index (χ3v) is 2.91. The van der Waals surface area contributed by atoms with Crippen LogP contribution in [0.2, 0.25) is 0 Å². The number of hydrogen-bond acceptors (Lipinski definition) is 5. The van der Waals surface area contributed by atoms with Gasteiger partial charge < -0.3 is 15.2 Å². The van der Waals surface area contributed by atoms with Crippen molar-refractivity contribution < 1.29 is 19.1 Å². The fraction of sp³-hybridized carbons (Fsp3) is 0.286. The lowest BCUT2D eigenvalue weighted by Crippen LogP contribution is -2.22. The Hall–Kier alpha value is -1.82. The van der Waals surface area contributed by atoms with Crippen molar-refractivity contribution in [2.24, 2.45) is 5.73 Å². The van der Waals surface area contributed by atoms with Gasteiger partial charge >= 0.3 is 11.9 Å². The first kappa shape index (κ1) is 16.2. The summed E-state index contributed by atoms with van der Waals surface area (Å²) < 4.78 is 10.6. The van der Waals surface area contributed by atoms with Gasteiger partial charge in [-0.05, 0) is 31.5 Å². The van der Waals surface area contributed by atoms with Gasteiger partial charge in [0.25, 0.3) is 0 Å². The van der Waals surface area contributed by atoms with E-state index in [0.29, 0.717) is 5.56 Å². The minimum absolute atomic E-state index is 0.0365. The number of esters is 2. The van der Waals surface area contributed by atoms with Crippen LogP contribution in [0.5, 0.6) is 0 Å². The highest BCUT2D eigenvalue weighted by molar-refractivity contribution is 9.10. The third-order valence-electron chi connectivity index (χ3n) is 2.38. The van der Waals surface area contributed by atoms with E-state index in [-0.39, 0.29) is 24.5 Å².